The Morgan fingerprint density at radius 1 is 1.10 bits per heavy atom. The van der Waals surface area contributed by atoms with E-state index in [2.05, 4.69) is 31.2 Å². The molecule has 106 valence electrons. The zero-order valence-corrected chi connectivity index (χ0v) is 12.9. The molecule has 3 rings (SSSR count). The summed E-state index contributed by atoms with van der Waals surface area (Å²) in [7, 11) is 1.78. The van der Waals surface area contributed by atoms with Gasteiger partial charge < -0.3 is 5.32 Å². The second-order valence-corrected chi connectivity index (χ2v) is 5.50. The summed E-state index contributed by atoms with van der Waals surface area (Å²) >= 11 is 3.22. The number of benzene rings is 2. The molecule has 1 unspecified atom stereocenters. The molecule has 3 aromatic rings. The first kappa shape index (κ1) is 14.1. The summed E-state index contributed by atoms with van der Waals surface area (Å²) in [5.74, 6) is -0.285. The highest BCUT2D eigenvalue weighted by molar-refractivity contribution is 9.10. The third-order valence-electron chi connectivity index (χ3n) is 3.34. The first-order chi connectivity index (χ1) is 10.2. The molecule has 3 nitrogen and oxygen atoms in total. The Morgan fingerprint density at radius 2 is 1.86 bits per heavy atom. The largest absolute Gasteiger partial charge is 0.308 e. The highest BCUT2D eigenvalue weighted by Gasteiger charge is 2.19. The Hall–Kier alpha value is -1.85. The van der Waals surface area contributed by atoms with Gasteiger partial charge in [0.2, 0.25) is 0 Å². The summed E-state index contributed by atoms with van der Waals surface area (Å²) in [6, 6.07) is 12.5. The van der Waals surface area contributed by atoms with Crippen LogP contribution in [0, 0.1) is 5.82 Å². The van der Waals surface area contributed by atoms with Crippen LogP contribution in [0.5, 0.6) is 0 Å². The number of halogens is 2. The summed E-state index contributed by atoms with van der Waals surface area (Å²) in [6.07, 6.45) is 1.68. The van der Waals surface area contributed by atoms with Crippen LogP contribution in [0.2, 0.25) is 0 Å². The van der Waals surface area contributed by atoms with Crippen LogP contribution in [0.4, 0.5) is 4.39 Å². The van der Waals surface area contributed by atoms with Gasteiger partial charge in [0.25, 0.3) is 0 Å². The molecule has 0 fully saturated rings. The topological polar surface area (TPSA) is 37.8 Å². The lowest BCUT2D eigenvalue weighted by Crippen LogP contribution is -2.20. The first-order valence-corrected chi connectivity index (χ1v) is 7.33. The van der Waals surface area contributed by atoms with Gasteiger partial charge in [0, 0.05) is 5.56 Å². The Kier molecular flexibility index (Phi) is 3.94. The van der Waals surface area contributed by atoms with E-state index in [0.29, 0.717) is 15.7 Å². The second kappa shape index (κ2) is 5.87. The molecule has 21 heavy (non-hydrogen) atoms. The third kappa shape index (κ3) is 2.66. The van der Waals surface area contributed by atoms with Gasteiger partial charge in [-0.3, -0.25) is 4.98 Å². The minimum Gasteiger partial charge on any atom is -0.308 e. The van der Waals surface area contributed by atoms with Gasteiger partial charge in [0.05, 0.1) is 33.4 Å². The molecule has 0 saturated heterocycles. The maximum absolute atomic E-state index is 14.3. The lowest BCUT2D eigenvalue weighted by atomic mass is 10.0. The number of hydrogen-bond donors (Lipinski definition) is 1. The van der Waals surface area contributed by atoms with Gasteiger partial charge in [-0.25, -0.2) is 9.37 Å². The van der Waals surface area contributed by atoms with Crippen LogP contribution in [0.15, 0.2) is 53.1 Å². The number of aromatic nitrogens is 2. The SMILES string of the molecule is CNC(c1cnc2ccccc2n1)c1cccc(Br)c1F. The Balaban J connectivity index is 2.11. The molecule has 0 amide bonds. The molecule has 1 heterocycles. The van der Waals surface area contributed by atoms with Crippen molar-refractivity contribution < 1.29 is 4.39 Å². The monoisotopic (exact) mass is 345 g/mol. The highest BCUT2D eigenvalue weighted by Crippen LogP contribution is 2.27. The average molecular weight is 346 g/mol. The van der Waals surface area contributed by atoms with Crippen molar-refractivity contribution in [1.82, 2.24) is 15.3 Å². The predicted octanol–water partition coefficient (Wildman–Crippen LogP) is 3.84. The summed E-state index contributed by atoms with van der Waals surface area (Å²) in [5.41, 5.74) is 2.85. The Morgan fingerprint density at radius 3 is 2.62 bits per heavy atom. The molecular formula is C16H13BrFN3. The molecular weight excluding hydrogens is 333 g/mol. The fourth-order valence-electron chi connectivity index (χ4n) is 2.32. The van der Waals surface area contributed by atoms with Crippen molar-refractivity contribution in [3.63, 3.8) is 0 Å². The van der Waals surface area contributed by atoms with Crippen LogP contribution in [0.3, 0.4) is 0 Å². The van der Waals surface area contributed by atoms with Gasteiger partial charge in [-0.1, -0.05) is 24.3 Å². The minimum absolute atomic E-state index is 0.285. The molecule has 1 aromatic heterocycles. The van der Waals surface area contributed by atoms with E-state index in [9.17, 15) is 4.39 Å². The molecule has 0 aliphatic carbocycles. The maximum Gasteiger partial charge on any atom is 0.142 e. The predicted molar refractivity (Wildman–Crippen MR) is 84.5 cm³/mol. The minimum atomic E-state index is -0.348. The molecule has 0 spiro atoms. The summed E-state index contributed by atoms with van der Waals surface area (Å²) < 4.78 is 14.7. The molecule has 0 aliphatic rings. The fourth-order valence-corrected chi connectivity index (χ4v) is 2.70. The van der Waals surface area contributed by atoms with E-state index in [-0.39, 0.29) is 11.9 Å². The molecule has 0 bridgehead atoms. The zero-order valence-electron chi connectivity index (χ0n) is 11.3. The number of rotatable bonds is 3. The van der Waals surface area contributed by atoms with Crippen molar-refractivity contribution in [2.75, 3.05) is 7.05 Å². The normalized spacial score (nSPS) is 12.5. The van der Waals surface area contributed by atoms with Gasteiger partial charge in [0.15, 0.2) is 0 Å². The van der Waals surface area contributed by atoms with Crippen molar-refractivity contribution in [3.05, 3.63) is 70.2 Å². The van der Waals surface area contributed by atoms with Crippen LogP contribution in [-0.4, -0.2) is 17.0 Å². The molecule has 1 N–H and O–H groups in total. The van der Waals surface area contributed by atoms with Crippen LogP contribution in [0.1, 0.15) is 17.3 Å². The van der Waals surface area contributed by atoms with E-state index >= 15 is 0 Å². The van der Waals surface area contributed by atoms with Crippen molar-refractivity contribution >= 4 is 27.0 Å². The Labute approximate surface area is 130 Å². The van der Waals surface area contributed by atoms with E-state index in [1.54, 1.807) is 31.4 Å². The summed E-state index contributed by atoms with van der Waals surface area (Å²) in [5, 5.41) is 3.10. The molecule has 0 saturated carbocycles. The number of fused-ring (bicyclic) bond motifs is 1. The summed E-state index contributed by atoms with van der Waals surface area (Å²) in [4.78, 5) is 8.98. The fraction of sp³-hybridized carbons (Fsp3) is 0.125. The van der Waals surface area contributed by atoms with Gasteiger partial charge in [-0.15, -0.1) is 0 Å². The number of para-hydroxylation sites is 2. The molecule has 5 heteroatoms. The van der Waals surface area contributed by atoms with Crippen molar-refractivity contribution in [3.8, 4) is 0 Å². The van der Waals surface area contributed by atoms with Crippen LogP contribution < -0.4 is 5.32 Å². The van der Waals surface area contributed by atoms with Crippen LogP contribution >= 0.6 is 15.9 Å². The standard InChI is InChI=1S/C16H13BrFN3/c1-19-16(10-5-4-6-11(17)15(10)18)14-9-20-12-7-2-3-8-13(12)21-14/h2-9,16,19H,1H3. The molecule has 0 radical (unpaired) electrons. The zero-order chi connectivity index (χ0) is 14.8. The van der Waals surface area contributed by atoms with Gasteiger partial charge in [-0.05, 0) is 41.2 Å². The van der Waals surface area contributed by atoms with Crippen molar-refractivity contribution in [2.45, 2.75) is 6.04 Å². The van der Waals surface area contributed by atoms with E-state index in [4.69, 9.17) is 0 Å². The van der Waals surface area contributed by atoms with Crippen molar-refractivity contribution in [1.29, 1.82) is 0 Å². The molecule has 0 aliphatic heterocycles. The Bertz CT molecular complexity index is 791. The smallest absolute Gasteiger partial charge is 0.142 e. The number of nitrogens with zero attached hydrogens (tertiary/aromatic N) is 2. The number of hydrogen-bond acceptors (Lipinski definition) is 3. The van der Waals surface area contributed by atoms with Crippen LogP contribution in [-0.2, 0) is 0 Å². The van der Waals surface area contributed by atoms with Gasteiger partial charge in [-0.2, -0.15) is 0 Å². The molecule has 1 atom stereocenters. The van der Waals surface area contributed by atoms with E-state index in [0.717, 1.165) is 11.0 Å². The van der Waals surface area contributed by atoms with E-state index < -0.39 is 0 Å². The third-order valence-corrected chi connectivity index (χ3v) is 3.96. The van der Waals surface area contributed by atoms with Gasteiger partial charge >= 0.3 is 0 Å². The van der Waals surface area contributed by atoms with Gasteiger partial charge in [0.1, 0.15) is 5.82 Å². The van der Waals surface area contributed by atoms with Crippen molar-refractivity contribution in [2.24, 2.45) is 0 Å². The first-order valence-electron chi connectivity index (χ1n) is 6.53. The lowest BCUT2D eigenvalue weighted by Gasteiger charge is -2.17. The second-order valence-electron chi connectivity index (χ2n) is 4.65. The van der Waals surface area contributed by atoms with E-state index in [1.165, 1.54) is 0 Å². The van der Waals surface area contributed by atoms with E-state index in [1.807, 2.05) is 24.3 Å². The summed E-state index contributed by atoms with van der Waals surface area (Å²) in [6.45, 7) is 0. The lowest BCUT2D eigenvalue weighted by molar-refractivity contribution is 0.565. The molecule has 2 aromatic carbocycles. The average Bonchev–Trinajstić information content (AvgIpc) is 2.52. The quantitative estimate of drug-likeness (QED) is 0.783. The number of nitrogens with one attached hydrogen (secondary N) is 1. The van der Waals surface area contributed by atoms with Crippen LogP contribution in [0.25, 0.3) is 11.0 Å². The maximum atomic E-state index is 14.3. The highest BCUT2D eigenvalue weighted by atomic mass is 79.9.